The average molecular weight is 324 g/mol. The third-order valence-corrected chi connectivity index (χ3v) is 6.39. The van der Waals surface area contributed by atoms with Gasteiger partial charge in [0.25, 0.3) is 0 Å². The van der Waals surface area contributed by atoms with Crippen LogP contribution in [0.15, 0.2) is 35.5 Å². The van der Waals surface area contributed by atoms with Crippen LogP contribution in [0.4, 0.5) is 0 Å². The second kappa shape index (κ2) is 8.19. The monoisotopic (exact) mass is 323 g/mol. The number of nitrogens with zero attached hydrogens (tertiary/aromatic N) is 1. The van der Waals surface area contributed by atoms with Crippen molar-refractivity contribution in [1.29, 1.82) is 5.26 Å². The molecule has 5 atom stereocenters. The summed E-state index contributed by atoms with van der Waals surface area (Å²) in [7, 11) is 0. The van der Waals surface area contributed by atoms with Gasteiger partial charge < -0.3 is 0 Å². The molecule has 0 saturated heterocycles. The van der Waals surface area contributed by atoms with Crippen LogP contribution in [-0.4, -0.2) is 0 Å². The number of hydrogen-bond donors (Lipinski definition) is 0. The fraction of sp³-hybridized carbons (Fsp3) is 0.696. The predicted octanol–water partition coefficient (Wildman–Crippen LogP) is 6.59. The van der Waals surface area contributed by atoms with Gasteiger partial charge >= 0.3 is 0 Å². The van der Waals surface area contributed by atoms with Gasteiger partial charge in [0.15, 0.2) is 0 Å². The Kier molecular flexibility index (Phi) is 5.99. The van der Waals surface area contributed by atoms with Crippen molar-refractivity contribution >= 4 is 0 Å². The Morgan fingerprint density at radius 3 is 2.79 bits per heavy atom. The quantitative estimate of drug-likeness (QED) is 0.523. The second-order valence-corrected chi connectivity index (χ2v) is 8.47. The molecule has 0 N–H and O–H groups in total. The van der Waals surface area contributed by atoms with E-state index in [0.717, 1.165) is 18.3 Å². The fourth-order valence-corrected chi connectivity index (χ4v) is 4.54. The molecular formula is C23H33N. The third-order valence-electron chi connectivity index (χ3n) is 6.39. The van der Waals surface area contributed by atoms with E-state index >= 15 is 0 Å². The first-order valence-corrected chi connectivity index (χ1v) is 10.1. The van der Waals surface area contributed by atoms with Gasteiger partial charge in [-0.05, 0) is 81.1 Å². The van der Waals surface area contributed by atoms with Crippen LogP contribution in [0.1, 0.15) is 71.6 Å². The van der Waals surface area contributed by atoms with Gasteiger partial charge in [-0.2, -0.15) is 5.26 Å². The lowest BCUT2D eigenvalue weighted by atomic mass is 9.80. The van der Waals surface area contributed by atoms with Gasteiger partial charge in [-0.1, -0.05) is 49.6 Å². The maximum absolute atomic E-state index is 9.70. The number of hydrogen-bond acceptors (Lipinski definition) is 1. The zero-order valence-electron chi connectivity index (χ0n) is 15.5. The molecule has 0 heterocycles. The molecule has 0 spiro atoms. The molecule has 1 nitrogen and oxygen atoms in total. The molecule has 1 heteroatoms. The third kappa shape index (κ3) is 4.62. The minimum atomic E-state index is 0.209. The summed E-state index contributed by atoms with van der Waals surface area (Å²) >= 11 is 0. The highest BCUT2D eigenvalue weighted by molar-refractivity contribution is 5.30. The predicted molar refractivity (Wildman–Crippen MR) is 101 cm³/mol. The van der Waals surface area contributed by atoms with Gasteiger partial charge in [-0.15, -0.1) is 0 Å². The first-order chi connectivity index (χ1) is 11.7. The van der Waals surface area contributed by atoms with Gasteiger partial charge in [0.2, 0.25) is 0 Å². The molecule has 3 rings (SSSR count). The zero-order valence-corrected chi connectivity index (χ0v) is 15.5. The molecule has 130 valence electrons. The summed E-state index contributed by atoms with van der Waals surface area (Å²) in [5.41, 5.74) is 3.08. The Hall–Kier alpha value is -1.29. The highest BCUT2D eigenvalue weighted by atomic mass is 14.4. The highest BCUT2D eigenvalue weighted by Gasteiger charge is 2.35. The van der Waals surface area contributed by atoms with E-state index in [1.807, 2.05) is 0 Å². The summed E-state index contributed by atoms with van der Waals surface area (Å²) in [4.78, 5) is 0. The van der Waals surface area contributed by atoms with Gasteiger partial charge in [-0.3, -0.25) is 0 Å². The Balaban J connectivity index is 1.50. The number of nitriles is 1. The molecular weight excluding hydrogens is 290 g/mol. The van der Waals surface area contributed by atoms with E-state index in [1.165, 1.54) is 56.9 Å². The molecule has 0 aromatic heterocycles. The first kappa shape index (κ1) is 17.5. The number of rotatable bonds is 5. The molecule has 0 radical (unpaired) electrons. The van der Waals surface area contributed by atoms with Crippen molar-refractivity contribution in [2.24, 2.45) is 29.6 Å². The largest absolute Gasteiger partial charge is 0.198 e. The van der Waals surface area contributed by atoms with Crippen LogP contribution in [0.25, 0.3) is 0 Å². The van der Waals surface area contributed by atoms with Crippen molar-refractivity contribution in [3.8, 4) is 6.07 Å². The van der Waals surface area contributed by atoms with Crippen molar-refractivity contribution in [3.63, 3.8) is 0 Å². The molecule has 0 aromatic carbocycles. The summed E-state index contributed by atoms with van der Waals surface area (Å²) in [5.74, 6) is 3.09. The molecule has 1 saturated carbocycles. The second-order valence-electron chi connectivity index (χ2n) is 8.47. The average Bonchev–Trinajstić information content (AvgIpc) is 3.29. The van der Waals surface area contributed by atoms with E-state index in [1.54, 1.807) is 5.57 Å². The van der Waals surface area contributed by atoms with Crippen molar-refractivity contribution < 1.29 is 0 Å². The maximum Gasteiger partial charge on any atom is 0.0661 e. The van der Waals surface area contributed by atoms with Crippen molar-refractivity contribution in [3.05, 3.63) is 35.5 Å². The molecule has 24 heavy (non-hydrogen) atoms. The standard InChI is InChI=1S/C23H33N/c1-17-6-4-3-5-7-21(14-17)22(16-24)13-10-19-8-11-20(12-9-19)23-15-18(23)2/h8,11-12,14,18-19,21-23H,3-7,9-10,13,15H2,1-2H3. The van der Waals surface area contributed by atoms with Crippen LogP contribution in [0.5, 0.6) is 0 Å². The van der Waals surface area contributed by atoms with Crippen LogP contribution < -0.4 is 0 Å². The summed E-state index contributed by atoms with van der Waals surface area (Å²) in [6.07, 6.45) is 20.9. The molecule has 1 fully saturated rings. The van der Waals surface area contributed by atoms with E-state index in [0.29, 0.717) is 11.8 Å². The lowest BCUT2D eigenvalue weighted by Gasteiger charge is -2.24. The van der Waals surface area contributed by atoms with Crippen LogP contribution in [0.3, 0.4) is 0 Å². The number of allylic oxidation sites excluding steroid dienone is 6. The van der Waals surface area contributed by atoms with Crippen molar-refractivity contribution in [2.45, 2.75) is 71.6 Å². The lowest BCUT2D eigenvalue weighted by molar-refractivity contribution is 0.375. The van der Waals surface area contributed by atoms with Crippen LogP contribution in [0, 0.1) is 40.9 Å². The van der Waals surface area contributed by atoms with Crippen LogP contribution in [-0.2, 0) is 0 Å². The van der Waals surface area contributed by atoms with E-state index < -0.39 is 0 Å². The Labute approximate surface area is 148 Å². The highest BCUT2D eigenvalue weighted by Crippen LogP contribution is 2.45. The summed E-state index contributed by atoms with van der Waals surface area (Å²) < 4.78 is 0. The van der Waals surface area contributed by atoms with E-state index in [2.05, 4.69) is 44.2 Å². The summed E-state index contributed by atoms with van der Waals surface area (Å²) in [5, 5.41) is 9.70. The first-order valence-electron chi connectivity index (χ1n) is 10.1. The smallest absolute Gasteiger partial charge is 0.0661 e. The topological polar surface area (TPSA) is 23.8 Å². The van der Waals surface area contributed by atoms with E-state index in [9.17, 15) is 5.26 Å². The van der Waals surface area contributed by atoms with Gasteiger partial charge in [-0.25, -0.2) is 0 Å². The molecule has 0 amide bonds. The molecule has 5 unspecified atom stereocenters. The Bertz CT molecular complexity index is 559. The molecule has 0 aromatic rings. The minimum Gasteiger partial charge on any atom is -0.198 e. The van der Waals surface area contributed by atoms with Gasteiger partial charge in [0.05, 0.1) is 12.0 Å². The van der Waals surface area contributed by atoms with Crippen molar-refractivity contribution in [1.82, 2.24) is 0 Å². The maximum atomic E-state index is 9.70. The lowest BCUT2D eigenvalue weighted by Crippen LogP contribution is -2.15. The SMILES string of the molecule is CC1=CC(C(C#N)CCC2C=CC(C3CC3C)=CC2)CCCCC1. The molecule has 3 aliphatic carbocycles. The summed E-state index contributed by atoms with van der Waals surface area (Å²) in [6, 6.07) is 2.64. The summed E-state index contributed by atoms with van der Waals surface area (Å²) in [6.45, 7) is 4.61. The zero-order chi connectivity index (χ0) is 16.9. The Morgan fingerprint density at radius 1 is 1.29 bits per heavy atom. The molecule has 3 aliphatic rings. The molecule has 0 bridgehead atoms. The van der Waals surface area contributed by atoms with Crippen LogP contribution >= 0.6 is 0 Å². The normalized spacial score (nSPS) is 34.4. The van der Waals surface area contributed by atoms with Crippen molar-refractivity contribution in [2.75, 3.05) is 0 Å². The van der Waals surface area contributed by atoms with Gasteiger partial charge in [0.1, 0.15) is 0 Å². The van der Waals surface area contributed by atoms with E-state index in [-0.39, 0.29) is 5.92 Å². The minimum absolute atomic E-state index is 0.209. The fourth-order valence-electron chi connectivity index (χ4n) is 4.54. The van der Waals surface area contributed by atoms with E-state index in [4.69, 9.17) is 0 Å². The van der Waals surface area contributed by atoms with Crippen LogP contribution in [0.2, 0.25) is 0 Å². The molecule has 0 aliphatic heterocycles. The van der Waals surface area contributed by atoms with Gasteiger partial charge in [0, 0.05) is 0 Å². The Morgan fingerprint density at radius 2 is 2.12 bits per heavy atom.